The maximum atomic E-state index is 12.5. The fraction of sp³-hybridized carbons (Fsp3) is 0.389. The molecule has 0 bridgehead atoms. The van der Waals surface area contributed by atoms with E-state index in [0.717, 1.165) is 36.3 Å². The molecule has 3 rings (SSSR count). The van der Waals surface area contributed by atoms with Gasteiger partial charge in [0, 0.05) is 31.9 Å². The van der Waals surface area contributed by atoms with Crippen molar-refractivity contribution in [2.75, 3.05) is 23.3 Å². The van der Waals surface area contributed by atoms with Gasteiger partial charge in [0.2, 0.25) is 5.91 Å². The van der Waals surface area contributed by atoms with Crippen molar-refractivity contribution in [1.29, 1.82) is 0 Å². The summed E-state index contributed by atoms with van der Waals surface area (Å²) in [5.74, 6) is -0.0653. The molecular formula is C18H22N4O2. The molecule has 1 unspecified atom stereocenters. The molecule has 0 radical (unpaired) electrons. The maximum Gasteiger partial charge on any atom is 0.268 e. The van der Waals surface area contributed by atoms with E-state index >= 15 is 0 Å². The van der Waals surface area contributed by atoms with E-state index in [1.54, 1.807) is 19.3 Å². The molecule has 2 heterocycles. The summed E-state index contributed by atoms with van der Waals surface area (Å²) in [6.07, 6.45) is 3.45. The van der Waals surface area contributed by atoms with Gasteiger partial charge in [-0.05, 0) is 31.9 Å². The standard InChI is InChI=1S/C18H22N4O2/c1-13-5-7-15(8-6-13)20-18(24)14-4-3-9-22(12-14)16-10-17(23)21(2)19-11-16/h5-8,10-11,14H,3-4,9,12H2,1-2H3,(H,20,24). The van der Waals surface area contributed by atoms with Crippen LogP contribution < -0.4 is 15.8 Å². The predicted molar refractivity (Wildman–Crippen MR) is 94.2 cm³/mol. The summed E-state index contributed by atoms with van der Waals surface area (Å²) in [6, 6.07) is 9.37. The fourth-order valence-electron chi connectivity index (χ4n) is 2.94. The summed E-state index contributed by atoms with van der Waals surface area (Å²) < 4.78 is 1.30. The highest BCUT2D eigenvalue weighted by Crippen LogP contribution is 2.23. The summed E-state index contributed by atoms with van der Waals surface area (Å²) in [4.78, 5) is 26.4. The monoisotopic (exact) mass is 326 g/mol. The van der Waals surface area contributed by atoms with Crippen molar-refractivity contribution in [1.82, 2.24) is 9.78 Å². The summed E-state index contributed by atoms with van der Waals surface area (Å²) in [6.45, 7) is 3.46. The number of benzene rings is 1. The number of nitrogens with one attached hydrogen (secondary N) is 1. The Morgan fingerprint density at radius 3 is 2.75 bits per heavy atom. The van der Waals surface area contributed by atoms with E-state index < -0.39 is 0 Å². The molecule has 0 spiro atoms. The smallest absolute Gasteiger partial charge is 0.268 e. The van der Waals surface area contributed by atoms with Gasteiger partial charge in [-0.1, -0.05) is 17.7 Å². The summed E-state index contributed by atoms with van der Waals surface area (Å²) in [5.41, 5.74) is 2.62. The Morgan fingerprint density at radius 1 is 1.29 bits per heavy atom. The number of piperidine rings is 1. The molecule has 1 atom stereocenters. The van der Waals surface area contributed by atoms with Gasteiger partial charge in [-0.25, -0.2) is 4.68 Å². The van der Waals surface area contributed by atoms with Crippen molar-refractivity contribution >= 4 is 17.3 Å². The molecule has 1 saturated heterocycles. The van der Waals surface area contributed by atoms with Crippen LogP contribution >= 0.6 is 0 Å². The molecule has 1 aliphatic heterocycles. The number of carbonyl (C=O) groups excluding carboxylic acids is 1. The number of amides is 1. The third kappa shape index (κ3) is 3.64. The van der Waals surface area contributed by atoms with Crippen molar-refractivity contribution < 1.29 is 4.79 Å². The van der Waals surface area contributed by atoms with Gasteiger partial charge in [0.1, 0.15) is 0 Å². The van der Waals surface area contributed by atoms with Crippen LogP contribution in [-0.2, 0) is 11.8 Å². The second kappa shape index (κ2) is 6.86. The quantitative estimate of drug-likeness (QED) is 0.936. The maximum absolute atomic E-state index is 12.5. The number of aromatic nitrogens is 2. The van der Waals surface area contributed by atoms with Crippen LogP contribution in [0.15, 0.2) is 41.3 Å². The van der Waals surface area contributed by atoms with Gasteiger partial charge in [0.15, 0.2) is 0 Å². The average molecular weight is 326 g/mol. The number of hydrogen-bond donors (Lipinski definition) is 1. The number of aryl methyl sites for hydroxylation is 2. The molecule has 1 aromatic carbocycles. The van der Waals surface area contributed by atoms with E-state index in [4.69, 9.17) is 0 Å². The number of carbonyl (C=O) groups is 1. The van der Waals surface area contributed by atoms with Gasteiger partial charge >= 0.3 is 0 Å². The molecule has 1 fully saturated rings. The first-order chi connectivity index (χ1) is 11.5. The van der Waals surface area contributed by atoms with Gasteiger partial charge in [-0.15, -0.1) is 0 Å². The Hall–Kier alpha value is -2.63. The van der Waals surface area contributed by atoms with Crippen LogP contribution in [0.1, 0.15) is 18.4 Å². The van der Waals surface area contributed by atoms with E-state index in [0.29, 0.717) is 6.54 Å². The zero-order valence-electron chi connectivity index (χ0n) is 14.0. The van der Waals surface area contributed by atoms with Gasteiger partial charge in [0.05, 0.1) is 17.8 Å². The lowest BCUT2D eigenvalue weighted by molar-refractivity contribution is -0.120. The fourth-order valence-corrected chi connectivity index (χ4v) is 2.94. The molecule has 0 saturated carbocycles. The minimum absolute atomic E-state index is 0.0281. The first-order valence-electron chi connectivity index (χ1n) is 8.19. The first kappa shape index (κ1) is 16.2. The molecule has 2 aromatic rings. The van der Waals surface area contributed by atoms with Crippen LogP contribution in [0.3, 0.4) is 0 Å². The number of nitrogens with zero attached hydrogens (tertiary/aromatic N) is 3. The molecule has 1 aliphatic rings. The molecule has 0 aliphatic carbocycles. The molecule has 6 nitrogen and oxygen atoms in total. The van der Waals surface area contributed by atoms with E-state index in [1.807, 2.05) is 31.2 Å². The predicted octanol–water partition coefficient (Wildman–Crippen LogP) is 1.94. The second-order valence-electron chi connectivity index (χ2n) is 6.32. The lowest BCUT2D eigenvalue weighted by Crippen LogP contribution is -2.41. The van der Waals surface area contributed by atoms with Gasteiger partial charge in [-0.2, -0.15) is 5.10 Å². The minimum Gasteiger partial charge on any atom is -0.369 e. The highest BCUT2D eigenvalue weighted by atomic mass is 16.2. The topological polar surface area (TPSA) is 67.2 Å². The van der Waals surface area contributed by atoms with Crippen molar-refractivity contribution in [2.45, 2.75) is 19.8 Å². The van der Waals surface area contributed by atoms with Gasteiger partial charge in [0.25, 0.3) is 5.56 Å². The van der Waals surface area contributed by atoms with Gasteiger partial charge in [-0.3, -0.25) is 9.59 Å². The van der Waals surface area contributed by atoms with E-state index in [9.17, 15) is 9.59 Å². The number of anilines is 2. The Kier molecular flexibility index (Phi) is 4.64. The largest absolute Gasteiger partial charge is 0.369 e. The molecule has 6 heteroatoms. The first-order valence-corrected chi connectivity index (χ1v) is 8.19. The number of hydrogen-bond acceptors (Lipinski definition) is 4. The van der Waals surface area contributed by atoms with Crippen LogP contribution in [0, 0.1) is 12.8 Å². The highest BCUT2D eigenvalue weighted by Gasteiger charge is 2.26. The van der Waals surface area contributed by atoms with Crippen molar-refractivity contribution in [3.8, 4) is 0 Å². The third-order valence-electron chi connectivity index (χ3n) is 4.43. The lowest BCUT2D eigenvalue weighted by atomic mass is 9.96. The van der Waals surface area contributed by atoms with Crippen LogP contribution in [0.4, 0.5) is 11.4 Å². The van der Waals surface area contributed by atoms with E-state index in [1.165, 1.54) is 4.68 Å². The molecule has 1 N–H and O–H groups in total. The normalized spacial score (nSPS) is 17.6. The molecule has 24 heavy (non-hydrogen) atoms. The number of rotatable bonds is 3. The Balaban J connectivity index is 1.68. The lowest BCUT2D eigenvalue weighted by Gasteiger charge is -2.33. The van der Waals surface area contributed by atoms with Crippen LogP contribution in [0.25, 0.3) is 0 Å². The van der Waals surface area contributed by atoms with E-state index in [-0.39, 0.29) is 17.4 Å². The van der Waals surface area contributed by atoms with Crippen LogP contribution in [0.5, 0.6) is 0 Å². The van der Waals surface area contributed by atoms with Crippen LogP contribution in [-0.4, -0.2) is 28.8 Å². The van der Waals surface area contributed by atoms with Gasteiger partial charge < -0.3 is 10.2 Å². The Bertz CT molecular complexity index is 782. The molecule has 1 aromatic heterocycles. The van der Waals surface area contributed by atoms with Crippen molar-refractivity contribution in [3.63, 3.8) is 0 Å². The summed E-state index contributed by atoms with van der Waals surface area (Å²) in [7, 11) is 1.63. The third-order valence-corrected chi connectivity index (χ3v) is 4.43. The average Bonchev–Trinajstić information content (AvgIpc) is 2.59. The van der Waals surface area contributed by atoms with Crippen molar-refractivity contribution in [3.05, 3.63) is 52.4 Å². The Morgan fingerprint density at radius 2 is 2.04 bits per heavy atom. The minimum atomic E-state index is -0.140. The molecular weight excluding hydrogens is 304 g/mol. The molecule has 1 amide bonds. The van der Waals surface area contributed by atoms with Crippen molar-refractivity contribution in [2.24, 2.45) is 13.0 Å². The Labute approximate surface area is 141 Å². The highest BCUT2D eigenvalue weighted by molar-refractivity contribution is 5.93. The zero-order valence-corrected chi connectivity index (χ0v) is 14.0. The summed E-state index contributed by atoms with van der Waals surface area (Å²) >= 11 is 0. The summed E-state index contributed by atoms with van der Waals surface area (Å²) in [5, 5.41) is 7.05. The SMILES string of the molecule is Cc1ccc(NC(=O)C2CCCN(c3cnn(C)c(=O)c3)C2)cc1. The zero-order chi connectivity index (χ0) is 17.1. The molecule has 126 valence electrons. The van der Waals surface area contributed by atoms with E-state index in [2.05, 4.69) is 15.3 Å². The second-order valence-corrected chi connectivity index (χ2v) is 6.32. The van der Waals surface area contributed by atoms with Crippen LogP contribution in [0.2, 0.25) is 0 Å².